The van der Waals surface area contributed by atoms with Crippen LogP contribution in [0.2, 0.25) is 0 Å². The van der Waals surface area contributed by atoms with E-state index in [1.807, 2.05) is 6.07 Å². The number of aromatic nitrogens is 2. The number of hydrogen-bond acceptors (Lipinski definition) is 8. The molecule has 36 heavy (non-hydrogen) atoms. The van der Waals surface area contributed by atoms with Crippen molar-refractivity contribution in [1.29, 1.82) is 5.26 Å². The number of anilines is 3. The lowest BCUT2D eigenvalue weighted by atomic mass is 10.1. The van der Waals surface area contributed by atoms with Gasteiger partial charge in [-0.2, -0.15) is 5.26 Å². The highest BCUT2D eigenvalue weighted by atomic mass is 16.5. The molecule has 1 aromatic heterocycles. The average molecular weight is 490 g/mol. The molecule has 0 saturated heterocycles. The van der Waals surface area contributed by atoms with E-state index in [1.165, 1.54) is 21.1 Å². The summed E-state index contributed by atoms with van der Waals surface area (Å²) in [6.07, 6.45) is 2.21. The van der Waals surface area contributed by atoms with E-state index < -0.39 is 0 Å². The molecule has 11 nitrogen and oxygen atoms in total. The van der Waals surface area contributed by atoms with Crippen LogP contribution in [0.3, 0.4) is 0 Å². The van der Waals surface area contributed by atoms with E-state index in [0.29, 0.717) is 59.6 Å². The molecule has 0 radical (unpaired) electrons. The van der Waals surface area contributed by atoms with Crippen LogP contribution >= 0.6 is 0 Å². The normalized spacial score (nSPS) is 10.1. The first kappa shape index (κ1) is 25.8. The molecule has 2 aromatic carbocycles. The van der Waals surface area contributed by atoms with Crippen LogP contribution in [-0.4, -0.2) is 49.2 Å². The van der Waals surface area contributed by atoms with Gasteiger partial charge < -0.3 is 30.7 Å². The smallest absolute Gasteiger partial charge is 0.319 e. The maximum absolute atomic E-state index is 12.3. The minimum atomic E-state index is -0.386. The van der Waals surface area contributed by atoms with Gasteiger partial charge in [-0.1, -0.05) is 0 Å². The molecule has 0 spiro atoms. The van der Waals surface area contributed by atoms with Crippen molar-refractivity contribution < 1.29 is 19.1 Å². The van der Waals surface area contributed by atoms with E-state index in [0.717, 1.165) is 5.56 Å². The monoisotopic (exact) mass is 489 g/mol. The molecular weight excluding hydrogens is 462 g/mol. The van der Waals surface area contributed by atoms with E-state index in [1.54, 1.807) is 42.6 Å². The summed E-state index contributed by atoms with van der Waals surface area (Å²) in [4.78, 5) is 32.0. The summed E-state index contributed by atoms with van der Waals surface area (Å²) in [5, 5.41) is 20.7. The fourth-order valence-electron chi connectivity index (χ4n) is 3.25. The Labute approximate surface area is 208 Å². The molecule has 4 N–H and O–H groups in total. The van der Waals surface area contributed by atoms with Crippen LogP contribution in [0.15, 0.2) is 48.7 Å². The van der Waals surface area contributed by atoms with Gasteiger partial charge in [0.15, 0.2) is 0 Å². The number of nitrogens with zero attached hydrogens (tertiary/aromatic N) is 3. The molecule has 0 fully saturated rings. The number of amides is 3. The van der Waals surface area contributed by atoms with Crippen molar-refractivity contribution in [3.63, 3.8) is 0 Å². The summed E-state index contributed by atoms with van der Waals surface area (Å²) in [6.45, 7) is 2.33. The fourth-order valence-corrected chi connectivity index (χ4v) is 3.25. The van der Waals surface area contributed by atoms with Crippen molar-refractivity contribution >= 4 is 29.3 Å². The third-order valence-electron chi connectivity index (χ3n) is 4.94. The number of nitriles is 1. The summed E-state index contributed by atoms with van der Waals surface area (Å²) < 4.78 is 10.6. The second kappa shape index (κ2) is 12.6. The molecule has 11 heteroatoms. The Hall–Kier alpha value is -4.85. The Balaban J connectivity index is 1.71. The van der Waals surface area contributed by atoms with Crippen molar-refractivity contribution in [1.82, 2.24) is 20.6 Å². The van der Waals surface area contributed by atoms with E-state index in [9.17, 15) is 14.9 Å². The minimum Gasteiger partial charge on any atom is -0.497 e. The summed E-state index contributed by atoms with van der Waals surface area (Å²) in [6, 6.07) is 13.8. The molecule has 0 unspecified atom stereocenters. The maximum atomic E-state index is 12.3. The number of methoxy groups -OCH3 is 2. The zero-order valence-electron chi connectivity index (χ0n) is 20.2. The van der Waals surface area contributed by atoms with Crippen LogP contribution in [0.1, 0.15) is 18.9 Å². The standard InChI is InChI=1S/C25H27N7O4/c1-16(33)27-8-4-9-29-25(34)31-20-12-19(13-21(14-20)35-2)30-24-28-10-7-22(32-24)17-5-6-23(36-3)18(11-17)15-26/h5-7,10-14H,4,8-9H2,1-3H3,(H,27,33)(H,28,30,32)(H2,29,31,34). The fraction of sp³-hybridized carbons (Fsp3) is 0.240. The predicted molar refractivity (Wildman–Crippen MR) is 135 cm³/mol. The van der Waals surface area contributed by atoms with Crippen LogP contribution in [-0.2, 0) is 4.79 Å². The molecule has 0 aliphatic heterocycles. The highest BCUT2D eigenvalue weighted by Crippen LogP contribution is 2.28. The molecule has 0 atom stereocenters. The topological polar surface area (TPSA) is 150 Å². The van der Waals surface area contributed by atoms with Crippen LogP contribution in [0.25, 0.3) is 11.3 Å². The van der Waals surface area contributed by atoms with Crippen molar-refractivity contribution in [3.8, 4) is 28.8 Å². The van der Waals surface area contributed by atoms with Crippen LogP contribution < -0.4 is 30.7 Å². The predicted octanol–water partition coefficient (Wildman–Crippen LogP) is 3.42. The number of hydrogen-bond donors (Lipinski definition) is 4. The highest BCUT2D eigenvalue weighted by molar-refractivity contribution is 5.90. The van der Waals surface area contributed by atoms with E-state index in [2.05, 4.69) is 37.3 Å². The summed E-state index contributed by atoms with van der Waals surface area (Å²) in [5.74, 6) is 1.22. The first-order valence-corrected chi connectivity index (χ1v) is 11.1. The zero-order chi connectivity index (χ0) is 25.9. The van der Waals surface area contributed by atoms with Gasteiger partial charge in [0, 0.05) is 55.3 Å². The first-order valence-electron chi connectivity index (χ1n) is 11.1. The first-order chi connectivity index (χ1) is 17.4. The van der Waals surface area contributed by atoms with E-state index in [4.69, 9.17) is 9.47 Å². The van der Waals surface area contributed by atoms with Crippen molar-refractivity contribution in [2.75, 3.05) is 37.9 Å². The lowest BCUT2D eigenvalue weighted by molar-refractivity contribution is -0.118. The minimum absolute atomic E-state index is 0.110. The van der Waals surface area contributed by atoms with Gasteiger partial charge in [0.05, 0.1) is 25.5 Å². The van der Waals surface area contributed by atoms with Gasteiger partial charge in [-0.15, -0.1) is 0 Å². The summed E-state index contributed by atoms with van der Waals surface area (Å²) in [7, 11) is 3.04. The molecule has 0 aliphatic rings. The van der Waals surface area contributed by atoms with Gasteiger partial charge in [0.2, 0.25) is 11.9 Å². The summed E-state index contributed by atoms with van der Waals surface area (Å²) in [5.41, 5.74) is 2.86. The van der Waals surface area contributed by atoms with Gasteiger partial charge in [0.1, 0.15) is 17.6 Å². The van der Waals surface area contributed by atoms with Gasteiger partial charge in [-0.05, 0) is 36.8 Å². The molecule has 0 bridgehead atoms. The number of urea groups is 1. The molecule has 0 saturated carbocycles. The number of carbonyl (C=O) groups excluding carboxylic acids is 2. The number of carbonyl (C=O) groups is 2. The third kappa shape index (κ3) is 7.33. The highest BCUT2D eigenvalue weighted by Gasteiger charge is 2.10. The lowest BCUT2D eigenvalue weighted by Gasteiger charge is -2.13. The number of ether oxygens (including phenoxy) is 2. The Kier molecular flexibility index (Phi) is 9.00. The van der Waals surface area contributed by atoms with Crippen LogP contribution in [0.4, 0.5) is 22.1 Å². The number of nitrogens with one attached hydrogen (secondary N) is 4. The van der Waals surface area contributed by atoms with Crippen molar-refractivity contribution in [2.24, 2.45) is 0 Å². The molecule has 1 heterocycles. The van der Waals surface area contributed by atoms with Gasteiger partial charge >= 0.3 is 6.03 Å². The van der Waals surface area contributed by atoms with Crippen LogP contribution in [0, 0.1) is 11.3 Å². The van der Waals surface area contributed by atoms with Gasteiger partial charge in [-0.25, -0.2) is 14.8 Å². The molecule has 0 aliphatic carbocycles. The third-order valence-corrected chi connectivity index (χ3v) is 4.94. The maximum Gasteiger partial charge on any atom is 0.319 e. The van der Waals surface area contributed by atoms with Crippen molar-refractivity contribution in [2.45, 2.75) is 13.3 Å². The second-order valence-electron chi connectivity index (χ2n) is 7.58. The zero-order valence-corrected chi connectivity index (χ0v) is 20.2. The number of rotatable bonds is 10. The quantitative estimate of drug-likeness (QED) is 0.316. The van der Waals surface area contributed by atoms with Crippen LogP contribution in [0.5, 0.6) is 11.5 Å². The molecular formula is C25H27N7O4. The molecule has 3 amide bonds. The second-order valence-corrected chi connectivity index (χ2v) is 7.58. The summed E-state index contributed by atoms with van der Waals surface area (Å²) >= 11 is 0. The number of benzene rings is 2. The van der Waals surface area contributed by atoms with E-state index in [-0.39, 0.29) is 11.9 Å². The Morgan fingerprint density at radius 2 is 1.78 bits per heavy atom. The average Bonchev–Trinajstić information content (AvgIpc) is 2.87. The van der Waals surface area contributed by atoms with Gasteiger partial charge in [-0.3, -0.25) is 4.79 Å². The lowest BCUT2D eigenvalue weighted by Crippen LogP contribution is -2.32. The molecule has 3 rings (SSSR count). The molecule has 186 valence electrons. The largest absolute Gasteiger partial charge is 0.497 e. The Bertz CT molecular complexity index is 1270. The Morgan fingerprint density at radius 1 is 1.00 bits per heavy atom. The SMILES string of the molecule is COc1cc(NC(=O)NCCCNC(C)=O)cc(Nc2nccc(-c3ccc(OC)c(C#N)c3)n2)c1. The van der Waals surface area contributed by atoms with E-state index >= 15 is 0 Å². The van der Waals surface area contributed by atoms with Crippen molar-refractivity contribution in [3.05, 3.63) is 54.2 Å². The Morgan fingerprint density at radius 3 is 2.50 bits per heavy atom. The molecule has 3 aromatic rings. The van der Waals surface area contributed by atoms with Gasteiger partial charge in [0.25, 0.3) is 0 Å².